The maximum Gasteiger partial charge on any atom is 0.326 e. The molecular weight excluding hydrogens is 224 g/mol. The van der Waals surface area contributed by atoms with Crippen molar-refractivity contribution in [1.29, 1.82) is 0 Å². The van der Waals surface area contributed by atoms with Crippen LogP contribution in [0.25, 0.3) is 0 Å². The molecule has 0 heterocycles. The molecule has 0 aliphatic rings. The van der Waals surface area contributed by atoms with Gasteiger partial charge in [-0.05, 0) is 12.8 Å². The Bertz CT molecular complexity index is 286. The van der Waals surface area contributed by atoms with Crippen LogP contribution in [0.1, 0.15) is 25.7 Å². The number of hydrogen-bond acceptors (Lipinski definition) is 3. The Kier molecular flexibility index (Phi) is 8.51. The number of hydrogen-bond donors (Lipinski definition) is 4. The first kappa shape index (κ1) is 15.3. The second-order valence-electron chi connectivity index (χ2n) is 3.46. The molecule has 1 atom stereocenters. The van der Waals surface area contributed by atoms with Gasteiger partial charge in [0, 0.05) is 26.0 Å². The summed E-state index contributed by atoms with van der Waals surface area (Å²) in [6.07, 6.45) is 7.27. The minimum Gasteiger partial charge on any atom is -0.480 e. The summed E-state index contributed by atoms with van der Waals surface area (Å²) >= 11 is 0. The Hall–Kier alpha value is -1.74. The number of aliphatic hydroxyl groups excluding tert-OH is 1. The first-order valence-electron chi connectivity index (χ1n) is 5.43. The molecule has 6 heteroatoms. The Morgan fingerprint density at radius 3 is 2.59 bits per heavy atom. The van der Waals surface area contributed by atoms with Crippen LogP contribution in [0.5, 0.6) is 0 Å². The monoisotopic (exact) mass is 242 g/mol. The fourth-order valence-electron chi connectivity index (χ4n) is 1.15. The predicted octanol–water partition coefficient (Wildman–Crippen LogP) is -0.0753. The van der Waals surface area contributed by atoms with Gasteiger partial charge in [-0.15, -0.1) is 12.3 Å². The number of aliphatic hydroxyl groups is 1. The summed E-state index contributed by atoms with van der Waals surface area (Å²) in [6.45, 7) is 0.151. The van der Waals surface area contributed by atoms with Crippen LogP contribution in [-0.4, -0.2) is 41.4 Å². The van der Waals surface area contributed by atoms with E-state index < -0.39 is 18.0 Å². The largest absolute Gasteiger partial charge is 0.480 e. The third kappa shape index (κ3) is 8.11. The summed E-state index contributed by atoms with van der Waals surface area (Å²) in [4.78, 5) is 21.9. The van der Waals surface area contributed by atoms with Crippen molar-refractivity contribution < 1.29 is 19.8 Å². The second-order valence-corrected chi connectivity index (χ2v) is 3.46. The van der Waals surface area contributed by atoms with Gasteiger partial charge in [0.05, 0.1) is 0 Å². The summed E-state index contributed by atoms with van der Waals surface area (Å²) in [5.41, 5.74) is 0. The lowest BCUT2D eigenvalue weighted by atomic mass is 10.2. The molecule has 0 radical (unpaired) electrons. The van der Waals surface area contributed by atoms with Crippen molar-refractivity contribution in [3.05, 3.63) is 0 Å². The van der Waals surface area contributed by atoms with Crippen molar-refractivity contribution in [3.63, 3.8) is 0 Å². The van der Waals surface area contributed by atoms with Crippen molar-refractivity contribution in [3.8, 4) is 12.3 Å². The number of aliphatic carboxylic acids is 1. The van der Waals surface area contributed by atoms with Crippen molar-refractivity contribution in [2.45, 2.75) is 31.7 Å². The molecule has 0 spiro atoms. The molecule has 6 nitrogen and oxygen atoms in total. The van der Waals surface area contributed by atoms with Crippen LogP contribution < -0.4 is 10.6 Å². The minimum atomic E-state index is -1.17. The molecule has 0 bridgehead atoms. The molecule has 17 heavy (non-hydrogen) atoms. The van der Waals surface area contributed by atoms with Crippen LogP contribution in [0.4, 0.5) is 4.79 Å². The van der Waals surface area contributed by atoms with Gasteiger partial charge in [-0.25, -0.2) is 9.59 Å². The molecule has 0 aromatic heterocycles. The van der Waals surface area contributed by atoms with E-state index in [1.807, 2.05) is 0 Å². The highest BCUT2D eigenvalue weighted by Gasteiger charge is 2.18. The summed E-state index contributed by atoms with van der Waals surface area (Å²) in [6, 6.07) is -1.61. The van der Waals surface area contributed by atoms with Gasteiger partial charge >= 0.3 is 12.0 Å². The van der Waals surface area contributed by atoms with Gasteiger partial charge in [-0.1, -0.05) is 0 Å². The molecule has 0 aliphatic carbocycles. The maximum absolute atomic E-state index is 11.3. The van der Waals surface area contributed by atoms with Crippen molar-refractivity contribution >= 4 is 12.0 Å². The van der Waals surface area contributed by atoms with Gasteiger partial charge < -0.3 is 20.8 Å². The van der Waals surface area contributed by atoms with E-state index in [0.29, 0.717) is 13.0 Å². The lowest BCUT2D eigenvalue weighted by Gasteiger charge is -2.13. The molecule has 96 valence electrons. The highest BCUT2D eigenvalue weighted by Crippen LogP contribution is 1.93. The number of unbranched alkanes of at least 4 members (excludes halogenated alkanes) is 2. The average Bonchev–Trinajstić information content (AvgIpc) is 2.28. The number of carbonyl (C=O) groups excluding carboxylic acids is 1. The normalized spacial score (nSPS) is 11.3. The molecule has 0 saturated carbocycles. The van der Waals surface area contributed by atoms with E-state index >= 15 is 0 Å². The van der Waals surface area contributed by atoms with Gasteiger partial charge in [0.25, 0.3) is 0 Å². The van der Waals surface area contributed by atoms with Crippen LogP contribution >= 0.6 is 0 Å². The van der Waals surface area contributed by atoms with Gasteiger partial charge in [-0.3, -0.25) is 0 Å². The average molecular weight is 242 g/mol. The van der Waals surface area contributed by atoms with E-state index in [0.717, 1.165) is 12.8 Å². The number of carboxylic acids is 1. The summed E-state index contributed by atoms with van der Waals surface area (Å²) in [5, 5.41) is 22.1. The topological polar surface area (TPSA) is 98.7 Å². The number of carbonyl (C=O) groups is 2. The van der Waals surface area contributed by atoms with Crippen LogP contribution in [-0.2, 0) is 4.79 Å². The third-order valence-electron chi connectivity index (χ3n) is 2.05. The zero-order valence-electron chi connectivity index (χ0n) is 9.61. The van der Waals surface area contributed by atoms with Gasteiger partial charge in [-0.2, -0.15) is 0 Å². The number of amides is 2. The van der Waals surface area contributed by atoms with Gasteiger partial charge in [0.2, 0.25) is 0 Å². The number of rotatable bonds is 8. The minimum absolute atomic E-state index is 0.0140. The van der Waals surface area contributed by atoms with Crippen LogP contribution in [0.3, 0.4) is 0 Å². The van der Waals surface area contributed by atoms with E-state index in [2.05, 4.69) is 16.6 Å². The highest BCUT2D eigenvalue weighted by molar-refractivity contribution is 5.82. The number of terminal acetylenes is 1. The lowest BCUT2D eigenvalue weighted by molar-refractivity contribution is -0.139. The molecule has 0 rings (SSSR count). The van der Waals surface area contributed by atoms with E-state index in [4.69, 9.17) is 16.6 Å². The summed E-state index contributed by atoms with van der Waals surface area (Å²) < 4.78 is 0. The summed E-state index contributed by atoms with van der Waals surface area (Å²) in [5.74, 6) is 1.32. The molecule has 0 aliphatic heterocycles. The van der Waals surface area contributed by atoms with Gasteiger partial charge in [0.1, 0.15) is 6.04 Å². The highest BCUT2D eigenvalue weighted by atomic mass is 16.4. The van der Waals surface area contributed by atoms with Crippen molar-refractivity contribution in [2.75, 3.05) is 13.2 Å². The predicted molar refractivity (Wildman–Crippen MR) is 62.3 cm³/mol. The Labute approximate surface area is 100 Å². The summed E-state index contributed by atoms with van der Waals surface area (Å²) in [7, 11) is 0. The van der Waals surface area contributed by atoms with E-state index in [9.17, 15) is 9.59 Å². The van der Waals surface area contributed by atoms with E-state index in [1.165, 1.54) is 0 Å². The standard InChI is InChI=1S/C11H18N2O4/c1-2-3-4-5-7-12-11(17)13-9(6-8-14)10(15)16/h1,9,14H,3-8H2,(H,15,16)(H2,12,13,17)/t9-/m1/s1. The SMILES string of the molecule is C#CCCCCNC(=O)N[C@H](CCO)C(=O)O. The fourth-order valence-corrected chi connectivity index (χ4v) is 1.15. The quantitative estimate of drug-likeness (QED) is 0.353. The molecule has 2 amide bonds. The molecule has 4 N–H and O–H groups in total. The molecule has 0 unspecified atom stereocenters. The van der Waals surface area contributed by atoms with Crippen molar-refractivity contribution in [1.82, 2.24) is 10.6 Å². The molecule has 0 saturated heterocycles. The lowest BCUT2D eigenvalue weighted by Crippen LogP contribution is -2.46. The number of nitrogens with one attached hydrogen (secondary N) is 2. The Morgan fingerprint density at radius 2 is 2.06 bits per heavy atom. The van der Waals surface area contributed by atoms with Crippen LogP contribution in [0.15, 0.2) is 0 Å². The number of urea groups is 1. The molecule has 0 aromatic carbocycles. The van der Waals surface area contributed by atoms with E-state index in [1.54, 1.807) is 0 Å². The zero-order chi connectivity index (χ0) is 13.1. The molecule has 0 aromatic rings. The zero-order valence-corrected chi connectivity index (χ0v) is 9.61. The maximum atomic E-state index is 11.3. The smallest absolute Gasteiger partial charge is 0.326 e. The number of carboxylic acid groups (broad SMARTS) is 1. The Morgan fingerprint density at radius 1 is 1.35 bits per heavy atom. The fraction of sp³-hybridized carbons (Fsp3) is 0.636. The molecular formula is C11H18N2O4. The first-order valence-corrected chi connectivity index (χ1v) is 5.43. The second kappa shape index (κ2) is 9.48. The van der Waals surface area contributed by atoms with Gasteiger partial charge in [0.15, 0.2) is 0 Å². The first-order chi connectivity index (χ1) is 8.11. The third-order valence-corrected chi connectivity index (χ3v) is 2.05. The molecule has 0 fully saturated rings. The van der Waals surface area contributed by atoms with Crippen molar-refractivity contribution in [2.24, 2.45) is 0 Å². The van der Waals surface area contributed by atoms with Crippen LogP contribution in [0, 0.1) is 12.3 Å². The Balaban J connectivity index is 3.75. The van der Waals surface area contributed by atoms with Crippen LogP contribution in [0.2, 0.25) is 0 Å². The van der Waals surface area contributed by atoms with E-state index in [-0.39, 0.29) is 13.0 Å².